The van der Waals surface area contributed by atoms with Crippen molar-refractivity contribution in [2.45, 2.75) is 25.0 Å². The van der Waals surface area contributed by atoms with Crippen LogP contribution in [0.3, 0.4) is 0 Å². The van der Waals surface area contributed by atoms with Crippen molar-refractivity contribution in [1.29, 1.82) is 0 Å². The Morgan fingerprint density at radius 2 is 1.31 bits per heavy atom. The first-order valence-electron chi connectivity index (χ1n) is 9.27. The molecule has 0 amide bonds. The molecule has 3 aromatic rings. The largest absolute Gasteiger partial charge is 0.452 e. The zero-order valence-electron chi connectivity index (χ0n) is 15.7. The SMILES string of the molecule is O=C(CC(=O)OC(c1ccccc1)c1ccccc1)C[C@H](O)c1ccc(Cl)cc1. The summed E-state index contributed by atoms with van der Waals surface area (Å²) in [5, 5.41) is 10.8. The van der Waals surface area contributed by atoms with Crippen molar-refractivity contribution < 1.29 is 19.4 Å². The van der Waals surface area contributed by atoms with Gasteiger partial charge in [0.15, 0.2) is 6.10 Å². The number of ketones is 1. The molecule has 0 saturated heterocycles. The van der Waals surface area contributed by atoms with E-state index >= 15 is 0 Å². The maximum Gasteiger partial charge on any atom is 0.314 e. The van der Waals surface area contributed by atoms with Gasteiger partial charge in [-0.3, -0.25) is 9.59 Å². The van der Waals surface area contributed by atoms with Gasteiger partial charge in [-0.05, 0) is 28.8 Å². The minimum absolute atomic E-state index is 0.169. The quantitative estimate of drug-likeness (QED) is 0.418. The van der Waals surface area contributed by atoms with Crippen molar-refractivity contribution in [1.82, 2.24) is 0 Å². The number of rotatable bonds is 8. The number of halogens is 1. The molecule has 0 radical (unpaired) electrons. The van der Waals surface area contributed by atoms with Gasteiger partial charge in [0.25, 0.3) is 0 Å². The van der Waals surface area contributed by atoms with Crippen LogP contribution in [0.2, 0.25) is 5.02 Å². The van der Waals surface area contributed by atoms with E-state index in [1.165, 1.54) is 0 Å². The van der Waals surface area contributed by atoms with E-state index in [1.807, 2.05) is 60.7 Å². The van der Waals surface area contributed by atoms with Crippen LogP contribution in [-0.2, 0) is 14.3 Å². The average Bonchev–Trinajstić information content (AvgIpc) is 2.73. The van der Waals surface area contributed by atoms with Gasteiger partial charge in [-0.25, -0.2) is 0 Å². The molecule has 3 rings (SSSR count). The number of hydrogen-bond donors (Lipinski definition) is 1. The molecule has 5 heteroatoms. The van der Waals surface area contributed by atoms with Gasteiger partial charge in [0.1, 0.15) is 12.2 Å². The molecule has 1 atom stereocenters. The standard InChI is InChI=1S/C24H21ClO4/c25-20-13-11-17(12-14-20)22(27)15-21(26)16-23(28)29-24(18-7-3-1-4-8-18)19-9-5-2-6-10-19/h1-14,22,24,27H,15-16H2/t22-/m0/s1. The van der Waals surface area contributed by atoms with Gasteiger partial charge in [-0.2, -0.15) is 0 Å². The highest BCUT2D eigenvalue weighted by molar-refractivity contribution is 6.30. The van der Waals surface area contributed by atoms with Gasteiger partial charge in [-0.15, -0.1) is 0 Å². The highest BCUT2D eigenvalue weighted by Gasteiger charge is 2.22. The molecule has 1 N–H and O–H groups in total. The predicted octanol–water partition coefficient (Wildman–Crippen LogP) is 5.06. The first kappa shape index (κ1) is 20.8. The van der Waals surface area contributed by atoms with E-state index in [1.54, 1.807) is 24.3 Å². The molecule has 0 aliphatic carbocycles. The number of carbonyl (C=O) groups excluding carboxylic acids is 2. The fourth-order valence-corrected chi connectivity index (χ4v) is 3.13. The lowest BCUT2D eigenvalue weighted by Gasteiger charge is -2.19. The molecule has 29 heavy (non-hydrogen) atoms. The van der Waals surface area contributed by atoms with E-state index in [0.29, 0.717) is 10.6 Å². The van der Waals surface area contributed by atoms with Crippen molar-refractivity contribution in [2.24, 2.45) is 0 Å². The number of esters is 1. The fourth-order valence-electron chi connectivity index (χ4n) is 3.01. The second-order valence-electron chi connectivity index (χ2n) is 6.68. The first-order chi connectivity index (χ1) is 14.0. The van der Waals surface area contributed by atoms with Crippen LogP contribution < -0.4 is 0 Å². The number of carbonyl (C=O) groups is 2. The van der Waals surface area contributed by atoms with E-state index in [-0.39, 0.29) is 6.42 Å². The van der Waals surface area contributed by atoms with Gasteiger partial charge < -0.3 is 9.84 Å². The van der Waals surface area contributed by atoms with E-state index < -0.39 is 30.4 Å². The number of hydrogen-bond acceptors (Lipinski definition) is 4. The van der Waals surface area contributed by atoms with Crippen molar-refractivity contribution in [3.05, 3.63) is 107 Å². The Morgan fingerprint density at radius 3 is 1.83 bits per heavy atom. The Hall–Kier alpha value is -2.95. The second-order valence-corrected chi connectivity index (χ2v) is 7.11. The predicted molar refractivity (Wildman–Crippen MR) is 111 cm³/mol. The van der Waals surface area contributed by atoms with E-state index in [9.17, 15) is 14.7 Å². The van der Waals surface area contributed by atoms with Crippen LogP contribution in [0, 0.1) is 0 Å². The topological polar surface area (TPSA) is 63.6 Å². The number of aliphatic hydroxyl groups is 1. The van der Waals surface area contributed by atoms with Gasteiger partial charge >= 0.3 is 5.97 Å². The summed E-state index contributed by atoms with van der Waals surface area (Å²) in [6, 6.07) is 25.3. The summed E-state index contributed by atoms with van der Waals surface area (Å²) in [5.41, 5.74) is 2.21. The van der Waals surface area contributed by atoms with Crippen LogP contribution in [0.1, 0.15) is 41.7 Å². The summed E-state index contributed by atoms with van der Waals surface area (Å²) in [5.74, 6) is -1.02. The average molecular weight is 409 g/mol. The Balaban J connectivity index is 1.64. The summed E-state index contributed by atoms with van der Waals surface area (Å²) in [7, 11) is 0. The second kappa shape index (κ2) is 10.0. The molecule has 148 valence electrons. The maximum atomic E-state index is 12.4. The van der Waals surface area contributed by atoms with E-state index in [2.05, 4.69) is 0 Å². The third kappa shape index (κ3) is 6.01. The van der Waals surface area contributed by atoms with Crippen LogP contribution >= 0.6 is 11.6 Å². The molecule has 0 unspecified atom stereocenters. The third-order valence-electron chi connectivity index (χ3n) is 4.47. The van der Waals surface area contributed by atoms with Crippen molar-refractivity contribution >= 4 is 23.4 Å². The first-order valence-corrected chi connectivity index (χ1v) is 9.65. The lowest BCUT2D eigenvalue weighted by atomic mass is 10.0. The maximum absolute atomic E-state index is 12.4. The molecule has 0 spiro atoms. The molecule has 3 aromatic carbocycles. The number of aliphatic hydroxyl groups excluding tert-OH is 1. The minimum atomic E-state index is -0.994. The normalized spacial score (nSPS) is 11.8. The fraction of sp³-hybridized carbons (Fsp3) is 0.167. The smallest absolute Gasteiger partial charge is 0.314 e. The molecular weight excluding hydrogens is 388 g/mol. The number of Topliss-reactive ketones (excluding diaryl/α,β-unsaturated/α-hetero) is 1. The summed E-state index contributed by atoms with van der Waals surface area (Å²) in [6.45, 7) is 0. The highest BCUT2D eigenvalue weighted by Crippen LogP contribution is 2.27. The van der Waals surface area contributed by atoms with Crippen LogP contribution in [0.25, 0.3) is 0 Å². The molecule has 0 aromatic heterocycles. The summed E-state index contributed by atoms with van der Waals surface area (Å²) in [6.07, 6.45) is -2.16. The van der Waals surface area contributed by atoms with Gasteiger partial charge in [-0.1, -0.05) is 84.4 Å². The van der Waals surface area contributed by atoms with Gasteiger partial charge in [0.2, 0.25) is 0 Å². The van der Waals surface area contributed by atoms with Crippen LogP contribution in [0.4, 0.5) is 0 Å². The zero-order chi connectivity index (χ0) is 20.6. The monoisotopic (exact) mass is 408 g/mol. The zero-order valence-corrected chi connectivity index (χ0v) is 16.5. The molecule has 0 bridgehead atoms. The number of ether oxygens (including phenoxy) is 1. The Labute approximate surface area is 174 Å². The Kier molecular flexibility index (Phi) is 7.17. The summed E-state index contributed by atoms with van der Waals surface area (Å²) in [4.78, 5) is 24.7. The van der Waals surface area contributed by atoms with Crippen LogP contribution in [0.5, 0.6) is 0 Å². The van der Waals surface area contributed by atoms with Crippen molar-refractivity contribution in [2.75, 3.05) is 0 Å². The van der Waals surface area contributed by atoms with Crippen molar-refractivity contribution in [3.63, 3.8) is 0 Å². The molecule has 0 aliphatic heterocycles. The molecular formula is C24H21ClO4. The Morgan fingerprint density at radius 1 is 0.793 bits per heavy atom. The minimum Gasteiger partial charge on any atom is -0.452 e. The number of benzene rings is 3. The van der Waals surface area contributed by atoms with Gasteiger partial charge in [0.05, 0.1) is 6.10 Å². The van der Waals surface area contributed by atoms with Crippen LogP contribution in [-0.4, -0.2) is 16.9 Å². The lowest BCUT2D eigenvalue weighted by Crippen LogP contribution is -2.17. The highest BCUT2D eigenvalue weighted by atomic mass is 35.5. The van der Waals surface area contributed by atoms with Crippen LogP contribution in [0.15, 0.2) is 84.9 Å². The van der Waals surface area contributed by atoms with Crippen molar-refractivity contribution in [3.8, 4) is 0 Å². The molecule has 0 heterocycles. The molecule has 0 saturated carbocycles. The summed E-state index contributed by atoms with van der Waals surface area (Å²) >= 11 is 5.83. The molecule has 0 fully saturated rings. The lowest BCUT2D eigenvalue weighted by molar-refractivity contribution is -0.149. The summed E-state index contributed by atoms with van der Waals surface area (Å²) < 4.78 is 5.64. The molecule has 0 aliphatic rings. The van der Waals surface area contributed by atoms with E-state index in [4.69, 9.17) is 16.3 Å². The van der Waals surface area contributed by atoms with Gasteiger partial charge in [0, 0.05) is 11.4 Å². The third-order valence-corrected chi connectivity index (χ3v) is 4.72. The molecule has 4 nitrogen and oxygen atoms in total. The van der Waals surface area contributed by atoms with E-state index in [0.717, 1.165) is 11.1 Å². The Bertz CT molecular complexity index is 900.